The number of aromatic nitrogens is 5. The van der Waals surface area contributed by atoms with Gasteiger partial charge in [-0.05, 0) is 18.2 Å². The fraction of sp³-hybridized carbons (Fsp3) is 0.143. The first kappa shape index (κ1) is 16.9. The molecule has 9 heteroatoms. The van der Waals surface area contributed by atoms with Gasteiger partial charge in [-0.2, -0.15) is 0 Å². The van der Waals surface area contributed by atoms with E-state index < -0.39 is 0 Å². The zero-order valence-corrected chi connectivity index (χ0v) is 15.7. The predicted molar refractivity (Wildman–Crippen MR) is 107 cm³/mol. The Kier molecular flexibility index (Phi) is 3.67. The van der Waals surface area contributed by atoms with E-state index in [1.165, 1.54) is 12.5 Å². The van der Waals surface area contributed by atoms with Crippen molar-refractivity contribution in [3.8, 4) is 16.9 Å². The summed E-state index contributed by atoms with van der Waals surface area (Å²) in [4.78, 5) is 8.74. The van der Waals surface area contributed by atoms with Crippen LogP contribution in [0.2, 0.25) is 0 Å². The lowest BCUT2D eigenvalue weighted by Gasteiger charge is -2.12. The first-order valence-electron chi connectivity index (χ1n) is 9.48. The first-order chi connectivity index (χ1) is 14.8. The maximum Gasteiger partial charge on any atom is 0.210 e. The molecule has 4 heterocycles. The zero-order chi connectivity index (χ0) is 20.1. The molecule has 0 fully saturated rings. The average Bonchev–Trinajstić information content (AvgIpc) is 3.52. The summed E-state index contributed by atoms with van der Waals surface area (Å²) < 4.78 is 27.3. The lowest BCUT2D eigenvalue weighted by molar-refractivity contribution is 0.356. The van der Waals surface area contributed by atoms with Crippen LogP contribution in [0.4, 0.5) is 10.3 Å². The number of oxazole rings is 1. The largest absolute Gasteiger partial charge is 0.493 e. The number of anilines is 1. The normalized spacial score (nSPS) is 13.0. The van der Waals surface area contributed by atoms with E-state index in [9.17, 15) is 4.39 Å². The van der Waals surface area contributed by atoms with E-state index in [2.05, 4.69) is 25.5 Å². The third-order valence-electron chi connectivity index (χ3n) is 5.34. The van der Waals surface area contributed by atoms with Crippen LogP contribution in [0.15, 0.2) is 53.7 Å². The fourth-order valence-corrected chi connectivity index (χ4v) is 3.91. The molecular formula is C21H15FN6O2. The summed E-state index contributed by atoms with van der Waals surface area (Å²) in [6.45, 7) is 0.845. The van der Waals surface area contributed by atoms with E-state index in [4.69, 9.17) is 9.15 Å². The summed E-state index contributed by atoms with van der Waals surface area (Å²) in [6.07, 6.45) is 5.39. The Morgan fingerprint density at radius 1 is 1.13 bits per heavy atom. The van der Waals surface area contributed by atoms with Crippen LogP contribution in [-0.2, 0) is 13.0 Å². The van der Waals surface area contributed by atoms with Crippen molar-refractivity contribution in [2.75, 3.05) is 11.9 Å². The number of ether oxygens (including phenoxy) is 1. The van der Waals surface area contributed by atoms with Crippen LogP contribution < -0.4 is 10.1 Å². The first-order valence-corrected chi connectivity index (χ1v) is 9.48. The molecule has 0 amide bonds. The molecule has 0 spiro atoms. The van der Waals surface area contributed by atoms with Crippen molar-refractivity contribution in [1.82, 2.24) is 24.6 Å². The molecule has 0 aliphatic carbocycles. The number of nitrogens with zero attached hydrogens (tertiary/aromatic N) is 5. The highest BCUT2D eigenvalue weighted by Crippen LogP contribution is 2.32. The monoisotopic (exact) mass is 402 g/mol. The third-order valence-corrected chi connectivity index (χ3v) is 5.34. The maximum absolute atomic E-state index is 14.4. The van der Waals surface area contributed by atoms with Gasteiger partial charge in [0, 0.05) is 41.4 Å². The number of rotatable bonds is 4. The van der Waals surface area contributed by atoms with Crippen molar-refractivity contribution in [2.24, 2.45) is 0 Å². The Balaban J connectivity index is 1.39. The Hall–Kier alpha value is -4.01. The van der Waals surface area contributed by atoms with Crippen LogP contribution in [0.1, 0.15) is 11.1 Å². The number of fused-ring (bicyclic) bond motifs is 3. The standard InChI is InChI=1S/C21H15FN6O2/c22-16-4-5-18-12(6-7-29-18)14(16)8-23-21-24-9-15(20-27-26-10-28(20)21)13-2-1-3-17-19(13)30-11-25-17/h1-5,9-11H,6-8H2,(H,23,24). The Morgan fingerprint density at radius 2 is 2.10 bits per heavy atom. The third kappa shape index (κ3) is 2.52. The maximum atomic E-state index is 14.4. The molecule has 0 saturated carbocycles. The van der Waals surface area contributed by atoms with Crippen LogP contribution in [0, 0.1) is 5.82 Å². The van der Waals surface area contributed by atoms with E-state index in [1.807, 2.05) is 18.2 Å². The Bertz CT molecular complexity index is 1410. The minimum absolute atomic E-state index is 0.264. The van der Waals surface area contributed by atoms with Gasteiger partial charge in [0.2, 0.25) is 5.95 Å². The molecule has 0 atom stereocenters. The molecule has 0 unspecified atom stereocenters. The number of hydrogen-bond acceptors (Lipinski definition) is 7. The number of halogens is 1. The average molecular weight is 402 g/mol. The molecular weight excluding hydrogens is 387 g/mol. The van der Waals surface area contributed by atoms with Gasteiger partial charge < -0.3 is 14.5 Å². The number of para-hydroxylation sites is 1. The molecule has 1 aliphatic heterocycles. The topological polar surface area (TPSA) is 90.4 Å². The van der Waals surface area contributed by atoms with Crippen LogP contribution in [-0.4, -0.2) is 31.2 Å². The quantitative estimate of drug-likeness (QED) is 0.491. The summed E-state index contributed by atoms with van der Waals surface area (Å²) in [5.74, 6) is 0.992. The summed E-state index contributed by atoms with van der Waals surface area (Å²) in [7, 11) is 0. The molecule has 2 aromatic carbocycles. The van der Waals surface area contributed by atoms with Gasteiger partial charge in [-0.15, -0.1) is 10.2 Å². The highest BCUT2D eigenvalue weighted by atomic mass is 19.1. The molecule has 1 aliphatic rings. The summed E-state index contributed by atoms with van der Waals surface area (Å²) in [6, 6.07) is 8.82. The lowest BCUT2D eigenvalue weighted by Crippen LogP contribution is -2.09. The van der Waals surface area contributed by atoms with E-state index in [1.54, 1.807) is 23.0 Å². The smallest absolute Gasteiger partial charge is 0.210 e. The highest BCUT2D eigenvalue weighted by molar-refractivity contribution is 5.94. The van der Waals surface area contributed by atoms with Crippen molar-refractivity contribution in [1.29, 1.82) is 0 Å². The highest BCUT2D eigenvalue weighted by Gasteiger charge is 2.20. The van der Waals surface area contributed by atoms with Crippen LogP contribution in [0.25, 0.3) is 27.9 Å². The second-order valence-electron chi connectivity index (χ2n) is 6.98. The lowest BCUT2D eigenvalue weighted by atomic mass is 10.0. The summed E-state index contributed by atoms with van der Waals surface area (Å²) >= 11 is 0. The molecule has 5 aromatic rings. The van der Waals surface area contributed by atoms with Gasteiger partial charge in [0.1, 0.15) is 23.4 Å². The molecule has 0 saturated heterocycles. The number of nitrogens with one attached hydrogen (secondary N) is 1. The summed E-state index contributed by atoms with van der Waals surface area (Å²) in [5, 5.41) is 11.5. The van der Waals surface area contributed by atoms with Gasteiger partial charge in [-0.1, -0.05) is 12.1 Å². The summed E-state index contributed by atoms with van der Waals surface area (Å²) in [5.41, 5.74) is 5.10. The van der Waals surface area contributed by atoms with Gasteiger partial charge in [0.25, 0.3) is 0 Å². The van der Waals surface area contributed by atoms with Gasteiger partial charge in [0.15, 0.2) is 17.6 Å². The van der Waals surface area contributed by atoms with Gasteiger partial charge in [-0.25, -0.2) is 14.4 Å². The fourth-order valence-electron chi connectivity index (χ4n) is 3.91. The molecule has 30 heavy (non-hydrogen) atoms. The van der Waals surface area contributed by atoms with Gasteiger partial charge in [0.05, 0.1) is 6.61 Å². The van der Waals surface area contributed by atoms with E-state index in [-0.39, 0.29) is 12.4 Å². The Morgan fingerprint density at radius 3 is 3.07 bits per heavy atom. The minimum atomic E-state index is -0.264. The van der Waals surface area contributed by atoms with E-state index in [0.29, 0.717) is 35.8 Å². The molecule has 0 bridgehead atoms. The molecule has 1 N–H and O–H groups in total. The van der Waals surface area contributed by atoms with E-state index in [0.717, 1.165) is 28.0 Å². The number of benzene rings is 2. The molecule has 8 nitrogen and oxygen atoms in total. The second kappa shape index (κ2) is 6.51. The van der Waals surface area contributed by atoms with Crippen molar-refractivity contribution in [2.45, 2.75) is 13.0 Å². The molecule has 3 aromatic heterocycles. The molecule has 0 radical (unpaired) electrons. The zero-order valence-electron chi connectivity index (χ0n) is 15.7. The van der Waals surface area contributed by atoms with Crippen LogP contribution in [0.3, 0.4) is 0 Å². The van der Waals surface area contributed by atoms with Crippen molar-refractivity contribution in [3.05, 3.63) is 66.2 Å². The van der Waals surface area contributed by atoms with E-state index >= 15 is 0 Å². The van der Waals surface area contributed by atoms with Crippen molar-refractivity contribution < 1.29 is 13.5 Å². The second-order valence-corrected chi connectivity index (χ2v) is 6.98. The molecule has 148 valence electrons. The van der Waals surface area contributed by atoms with Gasteiger partial charge in [-0.3, -0.25) is 4.40 Å². The SMILES string of the molecule is Fc1ccc2c(c1CNc1ncc(-c3cccc4ncoc34)c3nncn13)CCO2. The number of hydrogen-bond donors (Lipinski definition) is 1. The minimum Gasteiger partial charge on any atom is -0.493 e. The Labute approximate surface area is 169 Å². The van der Waals surface area contributed by atoms with Crippen LogP contribution >= 0.6 is 0 Å². The van der Waals surface area contributed by atoms with Crippen LogP contribution in [0.5, 0.6) is 5.75 Å². The van der Waals surface area contributed by atoms with Crippen molar-refractivity contribution >= 4 is 22.7 Å². The van der Waals surface area contributed by atoms with Crippen molar-refractivity contribution in [3.63, 3.8) is 0 Å². The predicted octanol–water partition coefficient (Wildman–Crippen LogP) is 3.62. The molecule has 6 rings (SSSR count). The van der Waals surface area contributed by atoms with Gasteiger partial charge >= 0.3 is 0 Å².